The predicted octanol–water partition coefficient (Wildman–Crippen LogP) is 2.88. The molecule has 0 fully saturated rings. The van der Waals surface area contributed by atoms with Gasteiger partial charge in [0, 0.05) is 12.2 Å². The summed E-state index contributed by atoms with van der Waals surface area (Å²) in [7, 11) is -1.85. The van der Waals surface area contributed by atoms with Gasteiger partial charge in [0.1, 0.15) is 11.5 Å². The van der Waals surface area contributed by atoms with Crippen molar-refractivity contribution in [1.82, 2.24) is 0 Å². The molecule has 2 rings (SSSR count). The summed E-state index contributed by atoms with van der Waals surface area (Å²) in [5.41, 5.74) is 2.03. The average molecular weight is 334 g/mol. The molecule has 0 saturated heterocycles. The molecule has 2 aromatic rings. The number of nitrogens with one attached hydrogen (secondary N) is 1. The fraction of sp³-hybridized carbons (Fsp3) is 0.294. The van der Waals surface area contributed by atoms with Crippen molar-refractivity contribution in [3.05, 3.63) is 54.1 Å². The standard InChI is InChI=1S/C17H20NO4S/c1-21-17-7-3-6-15(13-17)18-12-4-5-14-8-10-16(11-9-14)22-23(2,19)20/h3,6-11,18H,4-5,12H2,1-2H3. The summed E-state index contributed by atoms with van der Waals surface area (Å²) >= 11 is 0. The van der Waals surface area contributed by atoms with E-state index in [4.69, 9.17) is 8.92 Å². The monoisotopic (exact) mass is 334 g/mol. The molecule has 6 heteroatoms. The summed E-state index contributed by atoms with van der Waals surface area (Å²) in [5.74, 6) is 1.04. The fourth-order valence-electron chi connectivity index (χ4n) is 2.07. The lowest BCUT2D eigenvalue weighted by Crippen LogP contribution is -2.06. The number of anilines is 1. The van der Waals surface area contributed by atoms with E-state index >= 15 is 0 Å². The molecule has 23 heavy (non-hydrogen) atoms. The van der Waals surface area contributed by atoms with Crippen molar-refractivity contribution in [2.45, 2.75) is 12.8 Å². The Morgan fingerprint density at radius 1 is 1.13 bits per heavy atom. The highest BCUT2D eigenvalue weighted by molar-refractivity contribution is 7.86. The molecule has 0 spiro atoms. The van der Waals surface area contributed by atoms with Gasteiger partial charge in [0.15, 0.2) is 0 Å². The van der Waals surface area contributed by atoms with Gasteiger partial charge in [0.2, 0.25) is 0 Å². The van der Waals surface area contributed by atoms with Crippen LogP contribution in [0.4, 0.5) is 5.69 Å². The predicted molar refractivity (Wildman–Crippen MR) is 90.6 cm³/mol. The van der Waals surface area contributed by atoms with Gasteiger partial charge in [-0.05, 0) is 42.7 Å². The molecular weight excluding hydrogens is 314 g/mol. The van der Waals surface area contributed by atoms with Gasteiger partial charge in [0.25, 0.3) is 0 Å². The van der Waals surface area contributed by atoms with Crippen LogP contribution >= 0.6 is 0 Å². The quantitative estimate of drug-likeness (QED) is 0.594. The molecule has 0 unspecified atom stereocenters. The first-order valence-corrected chi connectivity index (χ1v) is 9.06. The molecule has 0 bridgehead atoms. The fourth-order valence-corrected chi connectivity index (χ4v) is 2.53. The summed E-state index contributed by atoms with van der Waals surface area (Å²) in [4.78, 5) is 0. The van der Waals surface area contributed by atoms with E-state index in [1.165, 1.54) is 0 Å². The molecule has 0 aliphatic heterocycles. The largest absolute Gasteiger partial charge is 0.496 e. The number of benzene rings is 2. The lowest BCUT2D eigenvalue weighted by molar-refractivity contribution is 0.414. The third kappa shape index (κ3) is 6.20. The number of hydrogen-bond donors (Lipinski definition) is 1. The second kappa shape index (κ2) is 7.87. The van der Waals surface area contributed by atoms with Crippen LogP contribution in [0, 0.1) is 6.07 Å². The van der Waals surface area contributed by atoms with Crippen LogP contribution in [0.1, 0.15) is 12.0 Å². The molecule has 0 aliphatic rings. The van der Waals surface area contributed by atoms with Gasteiger partial charge in [-0.1, -0.05) is 18.2 Å². The lowest BCUT2D eigenvalue weighted by atomic mass is 10.1. The van der Waals surface area contributed by atoms with Crippen LogP contribution < -0.4 is 14.2 Å². The van der Waals surface area contributed by atoms with E-state index in [0.717, 1.165) is 36.9 Å². The van der Waals surface area contributed by atoms with Gasteiger partial charge >= 0.3 is 10.1 Å². The Kier molecular flexibility index (Phi) is 5.87. The van der Waals surface area contributed by atoms with Crippen molar-refractivity contribution in [1.29, 1.82) is 0 Å². The van der Waals surface area contributed by atoms with Gasteiger partial charge < -0.3 is 14.2 Å². The average Bonchev–Trinajstić information content (AvgIpc) is 2.52. The molecule has 2 aromatic carbocycles. The zero-order valence-electron chi connectivity index (χ0n) is 13.2. The van der Waals surface area contributed by atoms with E-state index in [0.29, 0.717) is 11.5 Å². The van der Waals surface area contributed by atoms with Crippen molar-refractivity contribution in [3.63, 3.8) is 0 Å². The first kappa shape index (κ1) is 17.1. The molecule has 0 aromatic heterocycles. The van der Waals surface area contributed by atoms with Gasteiger partial charge in [-0.3, -0.25) is 0 Å². The Balaban J connectivity index is 1.77. The van der Waals surface area contributed by atoms with Crippen LogP contribution in [-0.4, -0.2) is 28.3 Å². The smallest absolute Gasteiger partial charge is 0.306 e. The van der Waals surface area contributed by atoms with E-state index in [9.17, 15) is 8.42 Å². The third-order valence-corrected chi connectivity index (χ3v) is 3.61. The Labute approximate surface area is 137 Å². The van der Waals surface area contributed by atoms with Crippen molar-refractivity contribution in [2.75, 3.05) is 25.2 Å². The first-order chi connectivity index (χ1) is 11.0. The first-order valence-electron chi connectivity index (χ1n) is 7.25. The number of methoxy groups -OCH3 is 1. The summed E-state index contributed by atoms with van der Waals surface area (Å²) in [5, 5.41) is 3.29. The SMILES string of the molecule is COc1[c]c(NCCCc2ccc(OS(C)(=O)=O)cc2)ccc1. The third-order valence-electron chi connectivity index (χ3n) is 3.12. The normalized spacial score (nSPS) is 11.0. The summed E-state index contributed by atoms with van der Waals surface area (Å²) in [6, 6.07) is 15.9. The molecule has 0 amide bonds. The topological polar surface area (TPSA) is 64.6 Å². The molecule has 1 N–H and O–H groups in total. The summed E-state index contributed by atoms with van der Waals surface area (Å²) in [6.07, 6.45) is 2.86. The molecule has 0 heterocycles. The van der Waals surface area contributed by atoms with E-state index in [-0.39, 0.29) is 0 Å². The Morgan fingerprint density at radius 2 is 1.87 bits per heavy atom. The summed E-state index contributed by atoms with van der Waals surface area (Å²) < 4.78 is 32.0. The van der Waals surface area contributed by atoms with E-state index in [1.807, 2.05) is 30.3 Å². The van der Waals surface area contributed by atoms with E-state index in [1.54, 1.807) is 19.2 Å². The van der Waals surface area contributed by atoms with Gasteiger partial charge in [-0.2, -0.15) is 8.42 Å². The van der Waals surface area contributed by atoms with E-state index < -0.39 is 10.1 Å². The van der Waals surface area contributed by atoms with Crippen molar-refractivity contribution in [2.24, 2.45) is 0 Å². The minimum atomic E-state index is -3.47. The van der Waals surface area contributed by atoms with Crippen LogP contribution in [0.5, 0.6) is 11.5 Å². The molecular formula is C17H20NO4S. The van der Waals surface area contributed by atoms with Crippen LogP contribution in [-0.2, 0) is 16.5 Å². The minimum absolute atomic E-state index is 0.334. The highest BCUT2D eigenvalue weighted by Crippen LogP contribution is 2.17. The minimum Gasteiger partial charge on any atom is -0.496 e. The van der Waals surface area contributed by atoms with Gasteiger partial charge in [0.05, 0.1) is 19.4 Å². The van der Waals surface area contributed by atoms with Gasteiger partial charge in [-0.15, -0.1) is 0 Å². The van der Waals surface area contributed by atoms with Crippen molar-refractivity contribution < 1.29 is 17.3 Å². The number of hydrogen-bond acceptors (Lipinski definition) is 5. The second-order valence-electron chi connectivity index (χ2n) is 5.09. The maximum Gasteiger partial charge on any atom is 0.306 e. The van der Waals surface area contributed by atoms with Crippen LogP contribution in [0.15, 0.2) is 42.5 Å². The number of rotatable bonds is 8. The van der Waals surface area contributed by atoms with Crippen molar-refractivity contribution >= 4 is 15.8 Å². The van der Waals surface area contributed by atoms with Crippen LogP contribution in [0.3, 0.4) is 0 Å². The zero-order valence-corrected chi connectivity index (χ0v) is 14.0. The maximum atomic E-state index is 11.0. The maximum absolute atomic E-state index is 11.0. The van der Waals surface area contributed by atoms with E-state index in [2.05, 4.69) is 11.4 Å². The molecule has 0 aliphatic carbocycles. The Hall–Kier alpha value is -2.21. The summed E-state index contributed by atoms with van der Waals surface area (Å²) in [6.45, 7) is 0.811. The van der Waals surface area contributed by atoms with Crippen LogP contribution in [0.25, 0.3) is 0 Å². The Bertz CT molecular complexity index is 727. The Morgan fingerprint density at radius 3 is 2.52 bits per heavy atom. The molecule has 1 radical (unpaired) electrons. The molecule has 0 atom stereocenters. The highest BCUT2D eigenvalue weighted by atomic mass is 32.2. The zero-order chi connectivity index (χ0) is 16.7. The lowest BCUT2D eigenvalue weighted by Gasteiger charge is -2.08. The highest BCUT2D eigenvalue weighted by Gasteiger charge is 2.04. The second-order valence-corrected chi connectivity index (χ2v) is 6.67. The number of ether oxygens (including phenoxy) is 1. The molecule has 5 nitrogen and oxygen atoms in total. The van der Waals surface area contributed by atoms with Crippen LogP contribution in [0.2, 0.25) is 0 Å². The van der Waals surface area contributed by atoms with Crippen molar-refractivity contribution in [3.8, 4) is 11.5 Å². The van der Waals surface area contributed by atoms with Gasteiger partial charge in [-0.25, -0.2) is 0 Å². The molecule has 123 valence electrons. The molecule has 0 saturated carbocycles. The number of aryl methyl sites for hydroxylation is 1.